The molecular formula is C11H15NO2S. The molecule has 2 heterocycles. The van der Waals surface area contributed by atoms with Gasteiger partial charge < -0.3 is 4.74 Å². The second-order valence-electron chi connectivity index (χ2n) is 3.62. The first-order chi connectivity index (χ1) is 7.31. The maximum absolute atomic E-state index is 11.5. The minimum atomic E-state index is -0.114. The summed E-state index contributed by atoms with van der Waals surface area (Å²) in [6, 6.07) is 4.37. The van der Waals surface area contributed by atoms with Crippen molar-refractivity contribution in [2.24, 2.45) is 0 Å². The van der Waals surface area contributed by atoms with Crippen LogP contribution in [0.3, 0.4) is 0 Å². The molecule has 1 fully saturated rings. The fourth-order valence-corrected chi connectivity index (χ4v) is 2.71. The molecule has 0 aromatic carbocycles. The van der Waals surface area contributed by atoms with Crippen LogP contribution in [0.2, 0.25) is 0 Å². The van der Waals surface area contributed by atoms with Gasteiger partial charge in [0.1, 0.15) is 6.04 Å². The average Bonchev–Trinajstić information content (AvgIpc) is 2.89. The third-order valence-electron chi connectivity index (χ3n) is 2.60. The number of hydrogen-bond acceptors (Lipinski definition) is 4. The fraction of sp³-hybridized carbons (Fsp3) is 0.545. The van der Waals surface area contributed by atoms with E-state index >= 15 is 0 Å². The van der Waals surface area contributed by atoms with E-state index in [4.69, 9.17) is 4.74 Å². The predicted octanol–water partition coefficient (Wildman–Crippen LogP) is 2.10. The summed E-state index contributed by atoms with van der Waals surface area (Å²) in [5, 5.41) is 5.38. The van der Waals surface area contributed by atoms with Gasteiger partial charge in [0.25, 0.3) is 0 Å². The van der Waals surface area contributed by atoms with Gasteiger partial charge in [-0.1, -0.05) is 6.07 Å². The molecule has 82 valence electrons. The number of rotatable bonds is 3. The summed E-state index contributed by atoms with van der Waals surface area (Å²) in [5.41, 5.74) is 0. The summed E-state index contributed by atoms with van der Waals surface area (Å²) in [6.45, 7) is 2.30. The van der Waals surface area contributed by atoms with Gasteiger partial charge in [0, 0.05) is 10.9 Å². The molecule has 1 aromatic rings. The predicted molar refractivity (Wildman–Crippen MR) is 59.9 cm³/mol. The van der Waals surface area contributed by atoms with Gasteiger partial charge in [-0.3, -0.25) is 10.1 Å². The highest BCUT2D eigenvalue weighted by Gasteiger charge is 2.31. The van der Waals surface area contributed by atoms with Crippen LogP contribution in [0.15, 0.2) is 17.5 Å². The maximum Gasteiger partial charge on any atom is 0.323 e. The van der Waals surface area contributed by atoms with Crippen molar-refractivity contribution in [3.63, 3.8) is 0 Å². The zero-order valence-corrected chi connectivity index (χ0v) is 9.55. The summed E-state index contributed by atoms with van der Waals surface area (Å²) in [6.07, 6.45) is 1.89. The molecule has 2 atom stereocenters. The van der Waals surface area contributed by atoms with E-state index in [9.17, 15) is 4.79 Å². The van der Waals surface area contributed by atoms with Gasteiger partial charge in [0.05, 0.1) is 6.61 Å². The van der Waals surface area contributed by atoms with E-state index < -0.39 is 0 Å². The van der Waals surface area contributed by atoms with Crippen molar-refractivity contribution in [3.05, 3.63) is 22.4 Å². The molecule has 0 bridgehead atoms. The van der Waals surface area contributed by atoms with E-state index in [1.54, 1.807) is 11.3 Å². The zero-order chi connectivity index (χ0) is 10.7. The number of ether oxygens (including phenoxy) is 1. The number of carbonyl (C=O) groups is 1. The molecule has 1 N–H and O–H groups in total. The Morgan fingerprint density at radius 2 is 2.53 bits per heavy atom. The Balaban J connectivity index is 1.92. The molecular weight excluding hydrogens is 210 g/mol. The van der Waals surface area contributed by atoms with Crippen LogP contribution >= 0.6 is 11.3 Å². The van der Waals surface area contributed by atoms with Gasteiger partial charge in [-0.05, 0) is 31.2 Å². The molecule has 0 amide bonds. The molecule has 15 heavy (non-hydrogen) atoms. The number of thiophene rings is 1. The lowest BCUT2D eigenvalue weighted by Crippen LogP contribution is -2.33. The lowest BCUT2D eigenvalue weighted by atomic mass is 10.2. The minimum Gasteiger partial charge on any atom is -0.465 e. The topological polar surface area (TPSA) is 38.3 Å². The largest absolute Gasteiger partial charge is 0.465 e. The van der Waals surface area contributed by atoms with Crippen LogP contribution in [0.1, 0.15) is 30.7 Å². The van der Waals surface area contributed by atoms with Gasteiger partial charge in [-0.15, -0.1) is 11.3 Å². The molecule has 4 heteroatoms. The summed E-state index contributed by atoms with van der Waals surface area (Å²) < 4.78 is 4.99. The molecule has 1 aliphatic rings. The van der Waals surface area contributed by atoms with Gasteiger partial charge in [0.2, 0.25) is 0 Å². The molecule has 0 saturated carbocycles. The van der Waals surface area contributed by atoms with E-state index in [1.807, 2.05) is 13.0 Å². The molecule has 1 aromatic heterocycles. The van der Waals surface area contributed by atoms with E-state index in [2.05, 4.69) is 16.8 Å². The number of hydrogen-bond donors (Lipinski definition) is 1. The maximum atomic E-state index is 11.5. The van der Waals surface area contributed by atoms with Crippen molar-refractivity contribution in [2.75, 3.05) is 6.61 Å². The lowest BCUT2D eigenvalue weighted by Gasteiger charge is -2.11. The monoisotopic (exact) mass is 225 g/mol. The van der Waals surface area contributed by atoms with Crippen LogP contribution < -0.4 is 5.32 Å². The van der Waals surface area contributed by atoms with Gasteiger partial charge >= 0.3 is 5.97 Å². The van der Waals surface area contributed by atoms with Crippen molar-refractivity contribution in [1.82, 2.24) is 5.32 Å². The Morgan fingerprint density at radius 3 is 3.20 bits per heavy atom. The average molecular weight is 225 g/mol. The molecule has 0 spiro atoms. The summed E-state index contributed by atoms with van der Waals surface area (Å²) in [5.74, 6) is -0.114. The first kappa shape index (κ1) is 10.6. The molecule has 0 radical (unpaired) electrons. The molecule has 3 nitrogen and oxygen atoms in total. The second kappa shape index (κ2) is 4.77. The summed E-state index contributed by atoms with van der Waals surface area (Å²) in [4.78, 5) is 12.8. The third kappa shape index (κ3) is 2.38. The lowest BCUT2D eigenvalue weighted by molar-refractivity contribution is -0.145. The molecule has 0 aliphatic carbocycles. The Kier molecular flexibility index (Phi) is 3.38. The molecule has 0 unspecified atom stereocenters. The summed E-state index contributed by atoms with van der Waals surface area (Å²) >= 11 is 1.73. The van der Waals surface area contributed by atoms with E-state index in [-0.39, 0.29) is 12.0 Å². The standard InChI is InChI=1S/C11H15NO2S/c1-2-14-11(13)9-6-5-8(12-9)10-4-3-7-15-10/h3-4,7-9,12H,2,5-6H2,1H3/t8-,9+/m1/s1. The van der Waals surface area contributed by atoms with Gasteiger partial charge in [-0.25, -0.2) is 0 Å². The smallest absolute Gasteiger partial charge is 0.323 e. The van der Waals surface area contributed by atoms with Crippen molar-refractivity contribution in [1.29, 1.82) is 0 Å². The Bertz CT molecular complexity index is 323. The highest BCUT2D eigenvalue weighted by Crippen LogP contribution is 2.29. The molecule has 2 rings (SSSR count). The zero-order valence-electron chi connectivity index (χ0n) is 8.73. The normalized spacial score (nSPS) is 25.4. The van der Waals surface area contributed by atoms with Crippen molar-refractivity contribution < 1.29 is 9.53 Å². The van der Waals surface area contributed by atoms with Crippen molar-refractivity contribution in [3.8, 4) is 0 Å². The van der Waals surface area contributed by atoms with E-state index in [0.717, 1.165) is 12.8 Å². The first-order valence-corrected chi connectivity index (χ1v) is 6.15. The SMILES string of the molecule is CCOC(=O)[C@@H]1CC[C@H](c2cccs2)N1. The van der Waals surface area contributed by atoms with Crippen LogP contribution in [0.5, 0.6) is 0 Å². The quantitative estimate of drug-likeness (QED) is 0.801. The number of esters is 1. The minimum absolute atomic E-state index is 0.114. The number of nitrogens with one attached hydrogen (secondary N) is 1. The Hall–Kier alpha value is -0.870. The van der Waals surface area contributed by atoms with Gasteiger partial charge in [0.15, 0.2) is 0 Å². The molecule has 1 saturated heterocycles. The van der Waals surface area contributed by atoms with Crippen LogP contribution in [0, 0.1) is 0 Å². The number of carbonyl (C=O) groups excluding carboxylic acids is 1. The van der Waals surface area contributed by atoms with Crippen molar-refractivity contribution in [2.45, 2.75) is 31.8 Å². The first-order valence-electron chi connectivity index (χ1n) is 5.27. The fourth-order valence-electron chi connectivity index (χ4n) is 1.89. The van der Waals surface area contributed by atoms with Crippen molar-refractivity contribution >= 4 is 17.3 Å². The highest BCUT2D eigenvalue weighted by atomic mass is 32.1. The Labute approximate surface area is 93.4 Å². The second-order valence-corrected chi connectivity index (χ2v) is 4.60. The van der Waals surface area contributed by atoms with Crippen LogP contribution in [-0.2, 0) is 9.53 Å². The van der Waals surface area contributed by atoms with E-state index in [0.29, 0.717) is 12.6 Å². The highest BCUT2D eigenvalue weighted by molar-refractivity contribution is 7.10. The van der Waals surface area contributed by atoms with E-state index in [1.165, 1.54) is 4.88 Å². The van der Waals surface area contributed by atoms with Gasteiger partial charge in [-0.2, -0.15) is 0 Å². The van der Waals surface area contributed by atoms with Crippen LogP contribution in [0.25, 0.3) is 0 Å². The van der Waals surface area contributed by atoms with Crippen LogP contribution in [0.4, 0.5) is 0 Å². The summed E-state index contributed by atoms with van der Waals surface area (Å²) in [7, 11) is 0. The molecule has 1 aliphatic heterocycles. The van der Waals surface area contributed by atoms with Crippen LogP contribution in [-0.4, -0.2) is 18.6 Å². The third-order valence-corrected chi connectivity index (χ3v) is 3.59. The Morgan fingerprint density at radius 1 is 1.67 bits per heavy atom.